The van der Waals surface area contributed by atoms with E-state index in [9.17, 15) is 9.59 Å². The van der Waals surface area contributed by atoms with Gasteiger partial charge >= 0.3 is 0 Å². The highest BCUT2D eigenvalue weighted by Gasteiger charge is 2.10. The van der Waals surface area contributed by atoms with E-state index in [1.165, 1.54) is 12.7 Å². The lowest BCUT2D eigenvalue weighted by atomic mass is 10.3. The molecule has 0 unspecified atom stereocenters. The lowest BCUT2D eigenvalue weighted by Gasteiger charge is -2.10. The molecule has 0 aromatic carbocycles. The third-order valence-electron chi connectivity index (χ3n) is 2.62. The second-order valence-electron chi connectivity index (χ2n) is 3.94. The van der Waals surface area contributed by atoms with Crippen LogP contribution in [0.2, 0.25) is 10.3 Å². The molecule has 0 fully saturated rings. The molecule has 2 aromatic rings. The number of aldehydes is 2. The molecule has 8 nitrogen and oxygen atoms in total. The highest BCUT2D eigenvalue weighted by molar-refractivity contribution is 6.32. The second-order valence-corrected chi connectivity index (χ2v) is 4.66. The van der Waals surface area contributed by atoms with Crippen LogP contribution >= 0.6 is 23.2 Å². The molecule has 0 radical (unpaired) electrons. The standard InChI is InChI=1S/C12H10Cl2N6O2/c13-9-7(3-21)11(19-5-17-9)15-1-2-16-12-8(4-22)10(14)18-6-20-12/h3-6H,1-2H2,(H,15,17,19)(H,16,18,20). The van der Waals surface area contributed by atoms with Gasteiger partial charge in [-0.25, -0.2) is 19.9 Å². The molecule has 2 rings (SSSR count). The second kappa shape index (κ2) is 7.62. The van der Waals surface area contributed by atoms with Gasteiger partial charge in [0.25, 0.3) is 0 Å². The largest absolute Gasteiger partial charge is 0.368 e. The maximum atomic E-state index is 10.9. The number of rotatable bonds is 7. The average molecular weight is 341 g/mol. The lowest BCUT2D eigenvalue weighted by Crippen LogP contribution is -2.17. The predicted molar refractivity (Wildman–Crippen MR) is 81.8 cm³/mol. The number of hydrogen-bond acceptors (Lipinski definition) is 8. The summed E-state index contributed by atoms with van der Waals surface area (Å²) in [6.07, 6.45) is 3.65. The fourth-order valence-corrected chi connectivity index (χ4v) is 1.96. The smallest absolute Gasteiger partial charge is 0.156 e. The Labute approximate surface area is 135 Å². The van der Waals surface area contributed by atoms with E-state index in [1.54, 1.807) is 0 Å². The molecule has 0 saturated heterocycles. The number of halogens is 2. The molecule has 22 heavy (non-hydrogen) atoms. The van der Waals surface area contributed by atoms with Crippen molar-refractivity contribution in [3.05, 3.63) is 34.1 Å². The van der Waals surface area contributed by atoms with Crippen LogP contribution in [0, 0.1) is 0 Å². The van der Waals surface area contributed by atoms with E-state index in [0.717, 1.165) is 0 Å². The van der Waals surface area contributed by atoms with Crippen LogP contribution in [0.25, 0.3) is 0 Å². The average Bonchev–Trinajstić information content (AvgIpc) is 2.52. The molecule has 2 aromatic heterocycles. The first-order chi connectivity index (χ1) is 10.7. The number of carbonyl (C=O) groups is 2. The van der Waals surface area contributed by atoms with Crippen molar-refractivity contribution in [1.82, 2.24) is 19.9 Å². The van der Waals surface area contributed by atoms with Crippen LogP contribution in [-0.4, -0.2) is 45.6 Å². The van der Waals surface area contributed by atoms with Gasteiger partial charge in [0, 0.05) is 13.1 Å². The van der Waals surface area contributed by atoms with Crippen LogP contribution in [0.4, 0.5) is 11.6 Å². The molecule has 0 bridgehead atoms. The van der Waals surface area contributed by atoms with Gasteiger partial charge in [0.2, 0.25) is 0 Å². The molecule has 10 heteroatoms. The SMILES string of the molecule is O=Cc1c(Cl)ncnc1NCCNc1ncnc(Cl)c1C=O. The van der Waals surface area contributed by atoms with E-state index < -0.39 is 0 Å². The van der Waals surface area contributed by atoms with Crippen molar-refractivity contribution in [2.24, 2.45) is 0 Å². The summed E-state index contributed by atoms with van der Waals surface area (Å²) in [4.78, 5) is 37.2. The Kier molecular flexibility index (Phi) is 5.56. The summed E-state index contributed by atoms with van der Waals surface area (Å²) in [6.45, 7) is 0.794. The Morgan fingerprint density at radius 2 is 1.23 bits per heavy atom. The van der Waals surface area contributed by atoms with E-state index in [-0.39, 0.29) is 21.4 Å². The molecular weight excluding hydrogens is 331 g/mol. The summed E-state index contributed by atoms with van der Waals surface area (Å²) in [5, 5.41) is 6.02. The molecule has 114 valence electrons. The molecule has 2 heterocycles. The zero-order chi connectivity index (χ0) is 15.9. The lowest BCUT2D eigenvalue weighted by molar-refractivity contribution is 0.111. The first-order valence-electron chi connectivity index (χ1n) is 6.06. The van der Waals surface area contributed by atoms with Crippen LogP contribution < -0.4 is 10.6 Å². The third kappa shape index (κ3) is 3.66. The number of nitrogens with zero attached hydrogens (tertiary/aromatic N) is 4. The third-order valence-corrected chi connectivity index (χ3v) is 3.22. The van der Waals surface area contributed by atoms with Gasteiger partial charge in [-0.2, -0.15) is 0 Å². The maximum absolute atomic E-state index is 10.9. The van der Waals surface area contributed by atoms with Crippen LogP contribution in [0.5, 0.6) is 0 Å². The number of carbonyl (C=O) groups excluding carboxylic acids is 2. The van der Waals surface area contributed by atoms with Crippen molar-refractivity contribution < 1.29 is 9.59 Å². The van der Waals surface area contributed by atoms with Crippen LogP contribution in [-0.2, 0) is 0 Å². The highest BCUT2D eigenvalue weighted by atomic mass is 35.5. The quantitative estimate of drug-likeness (QED) is 0.445. The maximum Gasteiger partial charge on any atom is 0.156 e. The van der Waals surface area contributed by atoms with Gasteiger partial charge in [0.1, 0.15) is 34.6 Å². The fourth-order valence-electron chi connectivity index (χ4n) is 1.60. The Hall–Kier alpha value is -2.32. The number of anilines is 2. The Morgan fingerprint density at radius 1 is 0.818 bits per heavy atom. The van der Waals surface area contributed by atoms with E-state index in [2.05, 4.69) is 30.6 Å². The van der Waals surface area contributed by atoms with Gasteiger partial charge in [-0.15, -0.1) is 0 Å². The summed E-state index contributed by atoms with van der Waals surface area (Å²) in [5.41, 5.74) is 0.366. The summed E-state index contributed by atoms with van der Waals surface area (Å²) in [7, 11) is 0. The highest BCUT2D eigenvalue weighted by Crippen LogP contribution is 2.18. The normalized spacial score (nSPS) is 10.1. The number of aromatic nitrogens is 4. The first-order valence-corrected chi connectivity index (χ1v) is 6.82. The summed E-state index contributed by atoms with van der Waals surface area (Å²) >= 11 is 11.6. The van der Waals surface area contributed by atoms with Crippen molar-refractivity contribution in [2.45, 2.75) is 0 Å². The van der Waals surface area contributed by atoms with Gasteiger partial charge in [0.15, 0.2) is 12.6 Å². The van der Waals surface area contributed by atoms with Crippen LogP contribution in [0.1, 0.15) is 20.7 Å². The molecule has 0 amide bonds. The zero-order valence-corrected chi connectivity index (χ0v) is 12.6. The van der Waals surface area contributed by atoms with Gasteiger partial charge in [-0.3, -0.25) is 9.59 Å². The van der Waals surface area contributed by atoms with Crippen LogP contribution in [0.3, 0.4) is 0 Å². The van der Waals surface area contributed by atoms with Crippen LogP contribution in [0.15, 0.2) is 12.7 Å². The molecule has 0 aliphatic rings. The molecule has 0 atom stereocenters. The first kappa shape index (κ1) is 16.1. The Morgan fingerprint density at radius 3 is 1.59 bits per heavy atom. The van der Waals surface area contributed by atoms with E-state index >= 15 is 0 Å². The molecule has 2 N–H and O–H groups in total. The fraction of sp³-hybridized carbons (Fsp3) is 0.167. The number of hydrogen-bond donors (Lipinski definition) is 2. The van der Waals surface area contributed by atoms with E-state index in [0.29, 0.717) is 37.3 Å². The van der Waals surface area contributed by atoms with Crippen molar-refractivity contribution in [2.75, 3.05) is 23.7 Å². The minimum Gasteiger partial charge on any atom is -0.368 e. The Bertz CT molecular complexity index is 638. The van der Waals surface area contributed by atoms with Gasteiger partial charge in [-0.1, -0.05) is 23.2 Å². The molecule has 0 aliphatic carbocycles. The Balaban J connectivity index is 1.96. The van der Waals surface area contributed by atoms with Crippen molar-refractivity contribution >= 4 is 47.4 Å². The van der Waals surface area contributed by atoms with E-state index in [1.807, 2.05) is 0 Å². The molecule has 0 aliphatic heterocycles. The zero-order valence-electron chi connectivity index (χ0n) is 11.1. The summed E-state index contributed by atoms with van der Waals surface area (Å²) in [6, 6.07) is 0. The topological polar surface area (TPSA) is 110 Å². The van der Waals surface area contributed by atoms with Gasteiger partial charge in [0.05, 0.1) is 11.1 Å². The summed E-state index contributed by atoms with van der Waals surface area (Å²) in [5.74, 6) is 0.654. The van der Waals surface area contributed by atoms with Crippen molar-refractivity contribution in [3.8, 4) is 0 Å². The minimum atomic E-state index is 0.0753. The van der Waals surface area contributed by atoms with Gasteiger partial charge < -0.3 is 10.6 Å². The monoisotopic (exact) mass is 340 g/mol. The molecule has 0 spiro atoms. The van der Waals surface area contributed by atoms with Crippen molar-refractivity contribution in [3.63, 3.8) is 0 Å². The number of nitrogens with one attached hydrogen (secondary N) is 2. The molecular formula is C12H10Cl2N6O2. The summed E-state index contributed by atoms with van der Waals surface area (Å²) < 4.78 is 0. The minimum absolute atomic E-state index is 0.0753. The van der Waals surface area contributed by atoms with E-state index in [4.69, 9.17) is 23.2 Å². The predicted octanol–water partition coefficient (Wildman–Crippen LogP) is 1.72. The van der Waals surface area contributed by atoms with Gasteiger partial charge in [-0.05, 0) is 0 Å². The molecule has 0 saturated carbocycles. The van der Waals surface area contributed by atoms with Crippen molar-refractivity contribution in [1.29, 1.82) is 0 Å².